The quantitative estimate of drug-likeness (QED) is 0.126. The molecule has 0 radical (unpaired) electrons. The van der Waals surface area contributed by atoms with Crippen LogP contribution in [-0.2, 0) is 47.4 Å². The smallest absolute Gasteiger partial charge is 0.187 e. The molecule has 0 bridgehead atoms. The van der Waals surface area contributed by atoms with Gasteiger partial charge in [-0.3, -0.25) is 0 Å². The van der Waals surface area contributed by atoms with E-state index in [2.05, 4.69) is 33.8 Å². The minimum Gasteiger partial charge on any atom is -0.394 e. The third-order valence-electron chi connectivity index (χ3n) is 20.0. The molecule has 6 saturated heterocycles. The number of fused-ring (bicyclic) bond motifs is 7. The van der Waals surface area contributed by atoms with Crippen molar-refractivity contribution in [1.29, 1.82) is 0 Å². The Morgan fingerprint density at radius 3 is 1.81 bits per heavy atom. The zero-order valence-corrected chi connectivity index (χ0v) is 42.4. The molecule has 0 amide bonds. The first kappa shape index (κ1) is 54.3. The standard InChI is InChI=1S/C51H82O21/c1-20-10-15-50(63-19-20)24(5)51(62)31(72-50)17-29-27-9-8-25-16-26(11-13-48(25,6)28(27)12-14-49(29,51)7)67-47-43(71-45-38(59)35(56)33(54)22(3)65-45)40(61)42(30(18-52)68-47)70-46-39(60)36(57)41(23(4)66-46)69-44-37(58)34(55)32(53)21(2)64-44/h8,20-24,26-47,52-62H,9-19H2,1-7H3/t20-,21+,22+,23+,24-,26+,27-,28+,29+,30-,31+,32+,33+,34-,35-,36+,37-,38-,39-,40+,41+,42-,43-,44+,45+,46+,47-,48+,49+,50-,51-/m0/s1. The Morgan fingerprint density at radius 2 is 1.19 bits per heavy atom. The van der Waals surface area contributed by atoms with Gasteiger partial charge < -0.3 is 104 Å². The summed E-state index contributed by atoms with van der Waals surface area (Å²) < 4.78 is 61.9. The average molecular weight is 1030 g/mol. The van der Waals surface area contributed by atoms with Gasteiger partial charge >= 0.3 is 0 Å². The Bertz CT molecular complexity index is 1940. The zero-order chi connectivity index (χ0) is 51.7. The SMILES string of the molecule is C[C@H]1CC[C@]2(OC1)O[C@@H]1C[C@@H]3[C@H]4CC=C5C[C@H](O[C@H]6O[C@@H](CO)[C@H](O[C@H]7O[C@H](C)[C@@H](O[C@H]8O[C@H](C)[C@@H](O)[C@H](O)[C@@H]8O)[C@H](O)[C@@H]7O)[C@@H](O)[C@@H]6O[C@H]6O[C@H](C)[C@@H](O)[C@H](O)[C@@H]6O)CC[C@@]5(C)[C@@H]4CC[C@@]3(C)[C@]1(O)[C@H]2C. The zero-order valence-electron chi connectivity index (χ0n) is 42.4. The second kappa shape index (κ2) is 20.0. The maximum Gasteiger partial charge on any atom is 0.187 e. The molecule has 6 heterocycles. The minimum absolute atomic E-state index is 0.151. The number of hydrogen-bond donors (Lipinski definition) is 11. The summed E-state index contributed by atoms with van der Waals surface area (Å²) in [5, 5.41) is 122. The molecule has 11 N–H and O–H groups in total. The van der Waals surface area contributed by atoms with Crippen LogP contribution in [0.15, 0.2) is 11.6 Å². The Labute approximate surface area is 420 Å². The summed E-state index contributed by atoms with van der Waals surface area (Å²) in [7, 11) is 0. The largest absolute Gasteiger partial charge is 0.394 e. The first-order valence-electron chi connectivity index (χ1n) is 26.7. The second-order valence-electron chi connectivity index (χ2n) is 23.9. The van der Waals surface area contributed by atoms with Gasteiger partial charge in [0.1, 0.15) is 85.0 Å². The molecule has 21 nitrogen and oxygen atoms in total. The maximum atomic E-state index is 12.9. The predicted octanol–water partition coefficient (Wildman–Crippen LogP) is -0.792. The highest BCUT2D eigenvalue weighted by Gasteiger charge is 2.76. The van der Waals surface area contributed by atoms with Crippen LogP contribution in [0, 0.1) is 40.4 Å². The molecule has 1 spiro atoms. The number of aliphatic hydroxyl groups is 11. The number of rotatable bonds is 9. The summed E-state index contributed by atoms with van der Waals surface area (Å²) in [6, 6.07) is 0. The monoisotopic (exact) mass is 1030 g/mol. The van der Waals surface area contributed by atoms with Gasteiger partial charge in [-0.1, -0.05) is 39.3 Å². The van der Waals surface area contributed by atoms with E-state index in [0.29, 0.717) is 37.2 Å². The van der Waals surface area contributed by atoms with Crippen molar-refractivity contribution >= 4 is 0 Å². The van der Waals surface area contributed by atoms with E-state index in [1.807, 2.05) is 0 Å². The van der Waals surface area contributed by atoms with Crippen LogP contribution in [0.1, 0.15) is 106 Å². The van der Waals surface area contributed by atoms with Gasteiger partial charge in [0.25, 0.3) is 0 Å². The summed E-state index contributed by atoms with van der Waals surface area (Å²) in [4.78, 5) is 0. The third-order valence-corrected chi connectivity index (χ3v) is 20.0. The summed E-state index contributed by atoms with van der Waals surface area (Å²) >= 11 is 0. The second-order valence-corrected chi connectivity index (χ2v) is 23.9. The lowest BCUT2D eigenvalue weighted by atomic mass is 9.46. The Balaban J connectivity index is 0.842. The van der Waals surface area contributed by atoms with E-state index in [1.54, 1.807) is 0 Å². The molecule has 412 valence electrons. The van der Waals surface area contributed by atoms with Crippen LogP contribution >= 0.6 is 0 Å². The molecule has 10 rings (SSSR count). The maximum absolute atomic E-state index is 12.9. The molecular formula is C51H82O21. The van der Waals surface area contributed by atoms with E-state index in [0.717, 1.165) is 44.9 Å². The third kappa shape index (κ3) is 8.63. The van der Waals surface area contributed by atoms with E-state index in [9.17, 15) is 56.2 Å². The molecule has 6 aliphatic heterocycles. The van der Waals surface area contributed by atoms with Gasteiger partial charge in [-0.2, -0.15) is 0 Å². The summed E-state index contributed by atoms with van der Waals surface area (Å²) in [5.41, 5.74) is -0.230. The van der Waals surface area contributed by atoms with E-state index in [1.165, 1.54) is 26.3 Å². The fraction of sp³-hybridized carbons (Fsp3) is 0.961. The molecule has 3 saturated carbocycles. The van der Waals surface area contributed by atoms with Crippen molar-refractivity contribution in [2.45, 2.75) is 253 Å². The highest BCUT2D eigenvalue weighted by Crippen LogP contribution is 2.72. The van der Waals surface area contributed by atoms with Gasteiger partial charge in [-0.15, -0.1) is 0 Å². The minimum atomic E-state index is -1.86. The van der Waals surface area contributed by atoms with Gasteiger partial charge in [-0.05, 0) is 101 Å². The van der Waals surface area contributed by atoms with Crippen LogP contribution in [0.2, 0.25) is 0 Å². The van der Waals surface area contributed by atoms with Crippen LogP contribution in [0.3, 0.4) is 0 Å². The molecule has 0 unspecified atom stereocenters. The van der Waals surface area contributed by atoms with Gasteiger partial charge in [0.05, 0.1) is 43.7 Å². The van der Waals surface area contributed by atoms with E-state index < -0.39 is 147 Å². The average Bonchev–Trinajstić information content (AvgIpc) is 3.71. The van der Waals surface area contributed by atoms with E-state index >= 15 is 0 Å². The van der Waals surface area contributed by atoms with Crippen LogP contribution in [0.5, 0.6) is 0 Å². The molecule has 31 atom stereocenters. The van der Waals surface area contributed by atoms with Gasteiger partial charge in [0.15, 0.2) is 30.9 Å². The highest BCUT2D eigenvalue weighted by molar-refractivity contribution is 5.29. The Kier molecular flexibility index (Phi) is 15.1. The molecule has 4 aliphatic carbocycles. The van der Waals surface area contributed by atoms with Crippen LogP contribution in [0.25, 0.3) is 0 Å². The van der Waals surface area contributed by atoms with Gasteiger partial charge in [0, 0.05) is 17.8 Å². The molecule has 0 aromatic heterocycles. The van der Waals surface area contributed by atoms with Crippen molar-refractivity contribution < 1.29 is 104 Å². The molecule has 0 aromatic rings. The molecule has 0 aromatic carbocycles. The van der Waals surface area contributed by atoms with E-state index in [4.69, 9.17) is 47.4 Å². The van der Waals surface area contributed by atoms with Crippen molar-refractivity contribution in [3.63, 3.8) is 0 Å². The number of allylic oxidation sites excluding steroid dienone is 1. The van der Waals surface area contributed by atoms with Crippen molar-refractivity contribution in [3.05, 3.63) is 11.6 Å². The van der Waals surface area contributed by atoms with Crippen molar-refractivity contribution in [1.82, 2.24) is 0 Å². The lowest BCUT2D eigenvalue weighted by molar-refractivity contribution is -0.394. The van der Waals surface area contributed by atoms with Gasteiger partial charge in [0.2, 0.25) is 0 Å². The molecular weight excluding hydrogens is 949 g/mol. The van der Waals surface area contributed by atoms with Crippen LogP contribution in [0.4, 0.5) is 0 Å². The van der Waals surface area contributed by atoms with Crippen molar-refractivity contribution in [3.8, 4) is 0 Å². The topological polar surface area (TPSA) is 315 Å². The van der Waals surface area contributed by atoms with E-state index in [-0.39, 0.29) is 28.8 Å². The van der Waals surface area contributed by atoms with Crippen molar-refractivity contribution in [2.24, 2.45) is 40.4 Å². The number of ether oxygens (including phenoxy) is 10. The number of hydrogen-bond acceptors (Lipinski definition) is 21. The summed E-state index contributed by atoms with van der Waals surface area (Å²) in [5.74, 6) is 0.531. The fourth-order valence-electron chi connectivity index (χ4n) is 15.4. The van der Waals surface area contributed by atoms with Crippen molar-refractivity contribution in [2.75, 3.05) is 13.2 Å². The molecule has 21 heteroatoms. The lowest BCUT2D eigenvalue weighted by Gasteiger charge is -2.60. The fourth-order valence-corrected chi connectivity index (χ4v) is 15.4. The highest BCUT2D eigenvalue weighted by atomic mass is 16.8. The summed E-state index contributed by atoms with van der Waals surface area (Å²) in [6.07, 6.45) is -21.2. The predicted molar refractivity (Wildman–Crippen MR) is 245 cm³/mol. The number of aliphatic hydroxyl groups excluding tert-OH is 10. The molecule has 9 fully saturated rings. The first-order valence-corrected chi connectivity index (χ1v) is 26.7. The van der Waals surface area contributed by atoms with Crippen LogP contribution < -0.4 is 0 Å². The molecule has 10 aliphatic rings. The Hall–Kier alpha value is -1.10. The molecule has 72 heavy (non-hydrogen) atoms. The Morgan fingerprint density at radius 1 is 0.597 bits per heavy atom. The lowest BCUT2D eigenvalue weighted by Crippen LogP contribution is -2.67. The first-order chi connectivity index (χ1) is 34.0. The summed E-state index contributed by atoms with van der Waals surface area (Å²) in [6.45, 7) is 13.3. The normalized spacial score (nSPS) is 58.8. The van der Waals surface area contributed by atoms with Gasteiger partial charge in [-0.25, -0.2) is 0 Å². The van der Waals surface area contributed by atoms with Crippen LogP contribution in [-0.4, -0.2) is 216 Å².